The van der Waals surface area contributed by atoms with Crippen LogP contribution in [0.15, 0.2) is 59.6 Å². The maximum atomic E-state index is 13.1. The first kappa shape index (κ1) is 29.2. The summed E-state index contributed by atoms with van der Waals surface area (Å²) in [4.78, 5) is 14.4. The number of rotatable bonds is 13. The molecule has 10 heteroatoms. The number of hydrogen-bond donors (Lipinski definition) is 0. The van der Waals surface area contributed by atoms with Crippen molar-refractivity contribution in [3.8, 4) is 11.5 Å². The Morgan fingerprint density at radius 2 is 1.66 bits per heavy atom. The van der Waals surface area contributed by atoms with Gasteiger partial charge < -0.3 is 23.7 Å². The van der Waals surface area contributed by atoms with E-state index in [1.807, 2.05) is 54.2 Å². The zero-order chi connectivity index (χ0) is 27.9. The van der Waals surface area contributed by atoms with Crippen LogP contribution in [0.25, 0.3) is 0 Å². The monoisotopic (exact) mass is 543 g/mol. The van der Waals surface area contributed by atoms with E-state index in [4.69, 9.17) is 14.2 Å². The second kappa shape index (κ2) is 12.9. The van der Waals surface area contributed by atoms with Crippen LogP contribution in [0, 0.1) is 13.8 Å². The first-order chi connectivity index (χ1) is 18.0. The van der Waals surface area contributed by atoms with E-state index in [-0.39, 0.29) is 30.6 Å². The van der Waals surface area contributed by atoms with Crippen molar-refractivity contribution >= 4 is 15.9 Å². The van der Waals surface area contributed by atoms with Crippen LogP contribution >= 0.6 is 0 Å². The number of sulfonamides is 1. The largest absolute Gasteiger partial charge is 0.497 e. The lowest BCUT2D eigenvalue weighted by molar-refractivity contribution is -0.135. The highest BCUT2D eigenvalue weighted by Gasteiger charge is 2.25. The number of likely N-dealkylation sites (N-methyl/N-ethyl adjacent to an activating group) is 2. The van der Waals surface area contributed by atoms with Crippen molar-refractivity contribution in [2.45, 2.75) is 31.9 Å². The molecule has 0 radical (unpaired) electrons. The van der Waals surface area contributed by atoms with Gasteiger partial charge in [-0.15, -0.1) is 0 Å². The fraction of sp³-hybridized carbons (Fsp3) is 0.393. The number of aryl methyl sites for hydroxylation is 3. The van der Waals surface area contributed by atoms with Crippen LogP contribution in [-0.4, -0.2) is 69.1 Å². The third-order valence-electron chi connectivity index (χ3n) is 6.32. The Bertz CT molecular complexity index is 1310. The van der Waals surface area contributed by atoms with Crippen LogP contribution in [0.1, 0.15) is 22.4 Å². The normalized spacial score (nSPS) is 11.6. The maximum Gasteiger partial charge on any atom is 0.248 e. The van der Waals surface area contributed by atoms with Crippen molar-refractivity contribution in [3.63, 3.8) is 0 Å². The van der Waals surface area contributed by atoms with Gasteiger partial charge in [-0.25, -0.2) is 8.42 Å². The summed E-state index contributed by atoms with van der Waals surface area (Å²) in [5, 5.41) is 0. The quantitative estimate of drug-likeness (QED) is 0.307. The zero-order valence-electron chi connectivity index (χ0n) is 22.9. The van der Waals surface area contributed by atoms with E-state index in [0.717, 1.165) is 17.0 Å². The van der Waals surface area contributed by atoms with Crippen LogP contribution in [0.2, 0.25) is 0 Å². The van der Waals surface area contributed by atoms with Crippen molar-refractivity contribution in [1.29, 1.82) is 0 Å². The van der Waals surface area contributed by atoms with E-state index >= 15 is 0 Å². The molecule has 0 aliphatic heterocycles. The van der Waals surface area contributed by atoms with Crippen LogP contribution in [-0.2, 0) is 39.8 Å². The molecule has 38 heavy (non-hydrogen) atoms. The van der Waals surface area contributed by atoms with Crippen molar-refractivity contribution in [3.05, 3.63) is 77.1 Å². The molecule has 0 saturated heterocycles. The van der Waals surface area contributed by atoms with Crippen LogP contribution in [0.4, 0.5) is 0 Å². The highest BCUT2D eigenvalue weighted by atomic mass is 32.2. The summed E-state index contributed by atoms with van der Waals surface area (Å²) < 4.78 is 46.0. The third-order valence-corrected chi connectivity index (χ3v) is 8.48. The van der Waals surface area contributed by atoms with Gasteiger partial charge in [0.2, 0.25) is 15.9 Å². The van der Waals surface area contributed by atoms with Crippen LogP contribution in [0.5, 0.6) is 11.5 Å². The molecule has 9 nitrogen and oxygen atoms in total. The molecule has 2 aromatic carbocycles. The Balaban J connectivity index is 1.43. The fourth-order valence-corrected chi connectivity index (χ4v) is 5.59. The highest BCUT2D eigenvalue weighted by molar-refractivity contribution is 7.89. The average Bonchev–Trinajstić information content (AvgIpc) is 3.29. The van der Waals surface area contributed by atoms with Crippen LogP contribution < -0.4 is 9.47 Å². The summed E-state index contributed by atoms with van der Waals surface area (Å²) >= 11 is 0. The summed E-state index contributed by atoms with van der Waals surface area (Å²) in [5.74, 6) is 1.17. The summed E-state index contributed by atoms with van der Waals surface area (Å²) in [5.41, 5.74) is 3.27. The number of carbonyl (C=O) groups is 1. The second-order valence-electron chi connectivity index (χ2n) is 9.26. The molecule has 0 aliphatic carbocycles. The molecular weight excluding hydrogens is 506 g/mol. The first-order valence-corrected chi connectivity index (χ1v) is 13.7. The molecular formula is C28H37N3O6S. The lowest BCUT2D eigenvalue weighted by Crippen LogP contribution is -2.33. The molecule has 0 aliphatic rings. The second-order valence-corrected chi connectivity index (χ2v) is 11.2. The van der Waals surface area contributed by atoms with Crippen molar-refractivity contribution in [2.24, 2.45) is 7.05 Å². The van der Waals surface area contributed by atoms with Crippen molar-refractivity contribution < 1.29 is 27.4 Å². The number of aromatic nitrogens is 1. The highest BCUT2D eigenvalue weighted by Crippen LogP contribution is 2.27. The minimum Gasteiger partial charge on any atom is -0.497 e. The summed E-state index contributed by atoms with van der Waals surface area (Å²) in [6, 6.07) is 15.0. The topological polar surface area (TPSA) is 90.3 Å². The average molecular weight is 544 g/mol. The number of amides is 1. The summed E-state index contributed by atoms with van der Waals surface area (Å²) in [6.45, 7) is 4.46. The smallest absolute Gasteiger partial charge is 0.248 e. The third kappa shape index (κ3) is 7.37. The molecule has 1 heterocycles. The first-order valence-electron chi connectivity index (χ1n) is 12.3. The van der Waals surface area contributed by atoms with E-state index in [1.165, 1.54) is 11.4 Å². The number of ether oxygens (including phenoxy) is 3. The SMILES string of the molecule is COc1cc(C)c(S(=O)(=O)N(C)CCOCC(=O)N(C)Cc2ccc(OCc3cccn3C)cc2)c(C)c1. The fourth-order valence-electron chi connectivity index (χ4n) is 4.03. The molecule has 0 bridgehead atoms. The number of nitrogens with zero attached hydrogens (tertiary/aromatic N) is 3. The molecule has 3 aromatic rings. The molecule has 0 unspecified atom stereocenters. The Morgan fingerprint density at radius 1 is 1.00 bits per heavy atom. The van der Waals surface area contributed by atoms with Gasteiger partial charge in [0.1, 0.15) is 24.7 Å². The van der Waals surface area contributed by atoms with E-state index in [1.54, 1.807) is 45.0 Å². The molecule has 0 spiro atoms. The minimum absolute atomic E-state index is 0.0940. The van der Waals surface area contributed by atoms with Gasteiger partial charge in [-0.1, -0.05) is 12.1 Å². The van der Waals surface area contributed by atoms with Gasteiger partial charge in [0.15, 0.2) is 0 Å². The zero-order valence-corrected chi connectivity index (χ0v) is 23.7. The molecule has 3 rings (SSSR count). The Hall–Kier alpha value is -3.34. The van der Waals surface area contributed by atoms with Crippen molar-refractivity contribution in [2.75, 3.05) is 41.0 Å². The maximum absolute atomic E-state index is 13.1. The van der Waals surface area contributed by atoms with Gasteiger partial charge in [0.05, 0.1) is 24.3 Å². The van der Waals surface area contributed by atoms with E-state index in [0.29, 0.717) is 30.0 Å². The lowest BCUT2D eigenvalue weighted by Gasteiger charge is -2.21. The number of hydrogen-bond acceptors (Lipinski definition) is 6. The van der Waals surface area contributed by atoms with E-state index < -0.39 is 10.0 Å². The van der Waals surface area contributed by atoms with Crippen molar-refractivity contribution in [1.82, 2.24) is 13.8 Å². The van der Waals surface area contributed by atoms with Gasteiger partial charge in [-0.3, -0.25) is 4.79 Å². The predicted octanol–water partition coefficient (Wildman–Crippen LogP) is 3.53. The minimum atomic E-state index is -3.71. The molecule has 0 N–H and O–H groups in total. The van der Waals surface area contributed by atoms with E-state index in [9.17, 15) is 13.2 Å². The summed E-state index contributed by atoms with van der Waals surface area (Å²) in [6.07, 6.45) is 1.97. The number of carbonyl (C=O) groups excluding carboxylic acids is 1. The Morgan fingerprint density at radius 3 is 2.24 bits per heavy atom. The Labute approximate surface area is 225 Å². The van der Waals surface area contributed by atoms with Gasteiger partial charge in [-0.2, -0.15) is 4.31 Å². The molecule has 0 atom stereocenters. The standard InChI is InChI=1S/C28H37N3O6S/c1-21-16-26(35-6)17-22(2)28(21)38(33,34)31(5)14-15-36-20-27(32)30(4)18-23-9-11-25(12-10-23)37-19-24-8-7-13-29(24)3/h7-13,16-17H,14-15,18-20H2,1-6H3. The summed E-state index contributed by atoms with van der Waals surface area (Å²) in [7, 11) is 3.01. The van der Waals surface area contributed by atoms with E-state index in [2.05, 4.69) is 0 Å². The molecule has 206 valence electrons. The predicted molar refractivity (Wildman–Crippen MR) is 146 cm³/mol. The molecule has 1 aromatic heterocycles. The molecule has 0 fully saturated rings. The lowest BCUT2D eigenvalue weighted by atomic mass is 10.1. The van der Waals surface area contributed by atoms with Crippen LogP contribution in [0.3, 0.4) is 0 Å². The molecule has 1 amide bonds. The van der Waals surface area contributed by atoms with Gasteiger partial charge in [0.25, 0.3) is 0 Å². The van der Waals surface area contributed by atoms with Gasteiger partial charge in [0, 0.05) is 40.4 Å². The number of methoxy groups -OCH3 is 1. The Kier molecular flexibility index (Phi) is 9.96. The molecule has 0 saturated carbocycles. The van der Waals surface area contributed by atoms with Gasteiger partial charge >= 0.3 is 0 Å². The van der Waals surface area contributed by atoms with Gasteiger partial charge in [-0.05, 0) is 66.9 Å². The number of benzene rings is 2.